The van der Waals surface area contributed by atoms with Crippen molar-refractivity contribution >= 4 is 17.4 Å². The van der Waals surface area contributed by atoms with Gasteiger partial charge in [-0.1, -0.05) is 18.2 Å². The summed E-state index contributed by atoms with van der Waals surface area (Å²) in [6.07, 6.45) is 1.64. The molecule has 0 fully saturated rings. The molecule has 1 unspecified atom stereocenters. The molecule has 4 nitrogen and oxygen atoms in total. The minimum atomic E-state index is -0.529. The standard InChI is InChI=1S/C17H14FN3OS/c1-11-14(10-23-21-11)17(22)20-16(15-7-2-3-8-19-15)12-5-4-6-13(18)9-12/h2-10,16H,1H3,(H,20,22). The van der Waals surface area contributed by atoms with Crippen LogP contribution in [0.4, 0.5) is 4.39 Å². The first kappa shape index (κ1) is 15.3. The molecule has 1 atom stereocenters. The average molecular weight is 327 g/mol. The van der Waals surface area contributed by atoms with Crippen LogP contribution in [0.5, 0.6) is 0 Å². The lowest BCUT2D eigenvalue weighted by Gasteiger charge is -2.19. The highest BCUT2D eigenvalue weighted by Gasteiger charge is 2.21. The third kappa shape index (κ3) is 3.43. The summed E-state index contributed by atoms with van der Waals surface area (Å²) in [6, 6.07) is 11.0. The molecule has 3 aromatic rings. The number of nitrogens with zero attached hydrogens (tertiary/aromatic N) is 2. The minimum absolute atomic E-state index is 0.254. The van der Waals surface area contributed by atoms with Gasteiger partial charge in [0, 0.05) is 11.6 Å². The Morgan fingerprint density at radius 3 is 2.78 bits per heavy atom. The number of carbonyl (C=O) groups is 1. The van der Waals surface area contributed by atoms with Crippen LogP contribution in [0.3, 0.4) is 0 Å². The van der Waals surface area contributed by atoms with Gasteiger partial charge in [0.2, 0.25) is 0 Å². The number of amides is 1. The Bertz CT molecular complexity index is 819. The van der Waals surface area contributed by atoms with Gasteiger partial charge in [-0.25, -0.2) is 4.39 Å². The molecule has 2 heterocycles. The van der Waals surface area contributed by atoms with Gasteiger partial charge >= 0.3 is 0 Å². The first-order valence-corrected chi connectivity index (χ1v) is 7.87. The van der Waals surface area contributed by atoms with Crippen molar-refractivity contribution in [2.75, 3.05) is 0 Å². The van der Waals surface area contributed by atoms with Gasteiger partial charge < -0.3 is 5.32 Å². The summed E-state index contributed by atoms with van der Waals surface area (Å²) in [6.45, 7) is 1.78. The molecule has 0 spiro atoms. The zero-order valence-electron chi connectivity index (χ0n) is 12.4. The van der Waals surface area contributed by atoms with Gasteiger partial charge in [0.25, 0.3) is 5.91 Å². The molecule has 116 valence electrons. The largest absolute Gasteiger partial charge is 0.339 e. The maximum absolute atomic E-state index is 13.6. The number of rotatable bonds is 4. The summed E-state index contributed by atoms with van der Waals surface area (Å²) in [5.74, 6) is -0.609. The normalized spacial score (nSPS) is 11.9. The summed E-state index contributed by atoms with van der Waals surface area (Å²) in [7, 11) is 0. The smallest absolute Gasteiger partial charge is 0.254 e. The van der Waals surface area contributed by atoms with E-state index < -0.39 is 6.04 Å². The predicted molar refractivity (Wildman–Crippen MR) is 86.8 cm³/mol. The monoisotopic (exact) mass is 327 g/mol. The van der Waals surface area contributed by atoms with Crippen molar-refractivity contribution in [1.29, 1.82) is 0 Å². The van der Waals surface area contributed by atoms with Crippen LogP contribution in [0.25, 0.3) is 0 Å². The lowest BCUT2D eigenvalue weighted by Crippen LogP contribution is -2.30. The third-order valence-electron chi connectivity index (χ3n) is 3.44. The summed E-state index contributed by atoms with van der Waals surface area (Å²) in [5.41, 5.74) is 2.48. The second kappa shape index (κ2) is 6.66. The van der Waals surface area contributed by atoms with Crippen molar-refractivity contribution in [3.63, 3.8) is 0 Å². The van der Waals surface area contributed by atoms with Gasteiger partial charge in [0.1, 0.15) is 5.82 Å². The number of carbonyl (C=O) groups excluding carboxylic acids is 1. The van der Waals surface area contributed by atoms with Crippen molar-refractivity contribution in [2.45, 2.75) is 13.0 Å². The second-order valence-electron chi connectivity index (χ2n) is 5.03. The molecule has 1 aromatic carbocycles. The fraction of sp³-hybridized carbons (Fsp3) is 0.118. The topological polar surface area (TPSA) is 54.9 Å². The molecule has 6 heteroatoms. The van der Waals surface area contributed by atoms with Gasteiger partial charge in [-0.2, -0.15) is 4.37 Å². The highest BCUT2D eigenvalue weighted by atomic mass is 32.1. The Kier molecular flexibility index (Phi) is 4.43. The van der Waals surface area contributed by atoms with E-state index in [1.54, 1.807) is 42.8 Å². The van der Waals surface area contributed by atoms with Crippen LogP contribution in [0.1, 0.15) is 33.4 Å². The Labute approximate surface area is 137 Å². The number of nitrogens with one attached hydrogen (secondary N) is 1. The lowest BCUT2D eigenvalue weighted by atomic mass is 10.0. The third-order valence-corrected chi connectivity index (χ3v) is 4.16. The molecule has 0 aliphatic rings. The fourth-order valence-electron chi connectivity index (χ4n) is 2.28. The molecule has 3 rings (SSSR count). The van der Waals surface area contributed by atoms with Crippen LogP contribution in [0.2, 0.25) is 0 Å². The summed E-state index contributed by atoms with van der Waals surface area (Å²) >= 11 is 1.23. The number of aromatic nitrogens is 2. The van der Waals surface area contributed by atoms with Gasteiger partial charge in [-0.15, -0.1) is 0 Å². The quantitative estimate of drug-likeness (QED) is 0.798. The number of pyridine rings is 1. The fourth-order valence-corrected chi connectivity index (χ4v) is 2.97. The number of aryl methyl sites for hydroxylation is 1. The van der Waals surface area contributed by atoms with E-state index in [4.69, 9.17) is 0 Å². The molecule has 0 saturated heterocycles. The number of hydrogen-bond acceptors (Lipinski definition) is 4. The van der Waals surface area contributed by atoms with E-state index in [2.05, 4.69) is 14.7 Å². The lowest BCUT2D eigenvalue weighted by molar-refractivity contribution is 0.0942. The summed E-state index contributed by atoms with van der Waals surface area (Å²) in [4.78, 5) is 16.8. The molecule has 0 radical (unpaired) electrons. The Morgan fingerprint density at radius 2 is 2.13 bits per heavy atom. The van der Waals surface area contributed by atoms with Crippen molar-refractivity contribution in [2.24, 2.45) is 0 Å². The van der Waals surface area contributed by atoms with Crippen LogP contribution in [-0.4, -0.2) is 15.3 Å². The molecule has 1 N–H and O–H groups in total. The maximum Gasteiger partial charge on any atom is 0.254 e. The van der Waals surface area contributed by atoms with Gasteiger partial charge in [0.05, 0.1) is 23.0 Å². The number of halogens is 1. The summed E-state index contributed by atoms with van der Waals surface area (Å²) in [5, 5.41) is 4.62. The molecular weight excluding hydrogens is 313 g/mol. The van der Waals surface area contributed by atoms with Gasteiger partial charge in [-0.05, 0) is 48.3 Å². The molecule has 0 saturated carbocycles. The molecule has 0 bridgehead atoms. The van der Waals surface area contributed by atoms with Crippen LogP contribution in [0, 0.1) is 12.7 Å². The Balaban J connectivity index is 1.96. The molecule has 23 heavy (non-hydrogen) atoms. The van der Waals surface area contributed by atoms with Gasteiger partial charge in [-0.3, -0.25) is 9.78 Å². The van der Waals surface area contributed by atoms with E-state index in [0.717, 1.165) is 0 Å². The zero-order valence-corrected chi connectivity index (χ0v) is 13.2. The zero-order chi connectivity index (χ0) is 16.2. The van der Waals surface area contributed by atoms with Gasteiger partial charge in [0.15, 0.2) is 0 Å². The molecule has 2 aromatic heterocycles. The highest BCUT2D eigenvalue weighted by Crippen LogP contribution is 2.22. The van der Waals surface area contributed by atoms with Crippen LogP contribution >= 0.6 is 11.5 Å². The molecule has 1 amide bonds. The second-order valence-corrected chi connectivity index (χ2v) is 5.66. The summed E-state index contributed by atoms with van der Waals surface area (Å²) < 4.78 is 17.7. The van der Waals surface area contributed by atoms with E-state index in [1.807, 2.05) is 6.07 Å². The van der Waals surface area contributed by atoms with E-state index in [-0.39, 0.29) is 11.7 Å². The van der Waals surface area contributed by atoms with Crippen molar-refractivity contribution in [3.05, 3.63) is 82.4 Å². The highest BCUT2D eigenvalue weighted by molar-refractivity contribution is 7.03. The van der Waals surface area contributed by atoms with Crippen LogP contribution < -0.4 is 5.32 Å². The van der Waals surface area contributed by atoms with E-state index >= 15 is 0 Å². The Morgan fingerprint density at radius 1 is 1.26 bits per heavy atom. The van der Waals surface area contributed by atoms with E-state index in [0.29, 0.717) is 22.5 Å². The maximum atomic E-state index is 13.6. The van der Waals surface area contributed by atoms with E-state index in [1.165, 1.54) is 23.7 Å². The van der Waals surface area contributed by atoms with Crippen molar-refractivity contribution in [1.82, 2.24) is 14.7 Å². The van der Waals surface area contributed by atoms with Crippen LogP contribution in [-0.2, 0) is 0 Å². The first-order valence-electron chi connectivity index (χ1n) is 7.03. The number of benzene rings is 1. The minimum Gasteiger partial charge on any atom is -0.339 e. The number of hydrogen-bond donors (Lipinski definition) is 1. The molecule has 0 aliphatic carbocycles. The van der Waals surface area contributed by atoms with Crippen molar-refractivity contribution in [3.8, 4) is 0 Å². The van der Waals surface area contributed by atoms with E-state index in [9.17, 15) is 9.18 Å². The van der Waals surface area contributed by atoms with Crippen LogP contribution in [0.15, 0.2) is 54.0 Å². The Hall–Kier alpha value is -2.60. The predicted octanol–water partition coefficient (Wildman–Crippen LogP) is 3.51. The average Bonchev–Trinajstić information content (AvgIpc) is 2.99. The SMILES string of the molecule is Cc1nscc1C(=O)NC(c1cccc(F)c1)c1ccccn1. The molecular formula is C17H14FN3OS. The first-order chi connectivity index (χ1) is 11.1. The van der Waals surface area contributed by atoms with Crippen molar-refractivity contribution < 1.29 is 9.18 Å². The molecule has 0 aliphatic heterocycles.